The van der Waals surface area contributed by atoms with E-state index in [1.54, 1.807) is 6.20 Å². The second-order valence-electron chi connectivity index (χ2n) is 10.0. The van der Waals surface area contributed by atoms with E-state index in [2.05, 4.69) is 52.1 Å². The fourth-order valence-electron chi connectivity index (χ4n) is 5.14. The minimum absolute atomic E-state index is 0.179. The monoisotopic (exact) mass is 528 g/mol. The maximum absolute atomic E-state index is 11.3. The highest BCUT2D eigenvalue weighted by molar-refractivity contribution is 6.34. The first-order valence-electron chi connectivity index (χ1n) is 12.4. The van der Waals surface area contributed by atoms with Gasteiger partial charge in [0.2, 0.25) is 0 Å². The predicted octanol–water partition coefficient (Wildman–Crippen LogP) is 6.08. The molecule has 1 aromatic carbocycles. The maximum Gasteiger partial charge on any atom is 0.306 e. The first kappa shape index (κ1) is 25.1. The minimum Gasteiger partial charge on any atom is -0.485 e. The minimum atomic E-state index is -0.702. The van der Waals surface area contributed by atoms with Crippen LogP contribution >= 0.6 is 23.2 Å². The lowest BCUT2D eigenvalue weighted by Gasteiger charge is -2.35. The van der Waals surface area contributed by atoms with E-state index >= 15 is 0 Å². The second-order valence-corrected chi connectivity index (χ2v) is 10.8. The van der Waals surface area contributed by atoms with Gasteiger partial charge in [-0.05, 0) is 66.5 Å². The lowest BCUT2D eigenvalue weighted by Crippen LogP contribution is -2.41. The largest absolute Gasteiger partial charge is 0.485 e. The first-order chi connectivity index (χ1) is 17.3. The van der Waals surface area contributed by atoms with Crippen LogP contribution in [0.1, 0.15) is 55.9 Å². The number of halogens is 2. The van der Waals surface area contributed by atoms with Gasteiger partial charge in [-0.25, -0.2) is 4.98 Å². The maximum atomic E-state index is 11.3. The molecule has 0 saturated carbocycles. The molecular weight excluding hydrogens is 499 g/mol. The fraction of sp³-hybridized carbons (Fsp3) is 0.444. The molecule has 2 N–H and O–H groups in total. The van der Waals surface area contributed by atoms with E-state index in [4.69, 9.17) is 27.9 Å². The molecule has 2 unspecified atom stereocenters. The number of aryl methyl sites for hydroxylation is 1. The summed E-state index contributed by atoms with van der Waals surface area (Å²) in [6.07, 6.45) is 6.86. The molecule has 3 heterocycles. The molecule has 1 saturated heterocycles. The fourth-order valence-corrected chi connectivity index (χ4v) is 5.69. The van der Waals surface area contributed by atoms with Gasteiger partial charge in [0.25, 0.3) is 0 Å². The Kier molecular flexibility index (Phi) is 7.24. The number of aromatic amines is 1. The molecule has 2 aromatic heterocycles. The van der Waals surface area contributed by atoms with Crippen molar-refractivity contribution in [3.8, 4) is 5.75 Å². The van der Waals surface area contributed by atoms with Gasteiger partial charge in [-0.2, -0.15) is 5.10 Å². The third-order valence-electron chi connectivity index (χ3n) is 7.23. The van der Waals surface area contributed by atoms with Gasteiger partial charge in [0, 0.05) is 24.8 Å². The van der Waals surface area contributed by atoms with Crippen LogP contribution in [0.3, 0.4) is 0 Å². The quantitative estimate of drug-likeness (QED) is 0.285. The summed E-state index contributed by atoms with van der Waals surface area (Å²) in [4.78, 5) is 17.9. The van der Waals surface area contributed by atoms with Gasteiger partial charge in [-0.15, -0.1) is 11.6 Å². The van der Waals surface area contributed by atoms with Gasteiger partial charge in [0.1, 0.15) is 22.5 Å². The van der Waals surface area contributed by atoms with Crippen LogP contribution in [0.4, 0.5) is 0 Å². The van der Waals surface area contributed by atoms with Crippen LogP contribution in [-0.2, 0) is 11.2 Å². The van der Waals surface area contributed by atoms with Crippen molar-refractivity contribution in [3.63, 3.8) is 0 Å². The Bertz CT molecular complexity index is 1300. The Morgan fingerprint density at radius 2 is 2.00 bits per heavy atom. The summed E-state index contributed by atoms with van der Waals surface area (Å²) < 4.78 is 6.48. The van der Waals surface area contributed by atoms with E-state index in [0.29, 0.717) is 36.7 Å². The Balaban J connectivity index is 1.31. The molecular formula is C27H30Cl2N4O3. The number of carboxylic acid groups (broad SMARTS) is 1. The van der Waals surface area contributed by atoms with Gasteiger partial charge in [-0.3, -0.25) is 14.8 Å². The summed E-state index contributed by atoms with van der Waals surface area (Å²) in [7, 11) is 0. The Morgan fingerprint density at radius 3 is 2.72 bits per heavy atom. The Hall–Kier alpha value is -2.61. The average Bonchev–Trinajstić information content (AvgIpc) is 3.26. The molecule has 0 radical (unpaired) electrons. The molecule has 9 heteroatoms. The number of piperidine rings is 1. The van der Waals surface area contributed by atoms with E-state index in [0.717, 1.165) is 35.1 Å². The summed E-state index contributed by atoms with van der Waals surface area (Å²) >= 11 is 13.1. The SMILES string of the molecule is CC(C)C(Oc1ccc2c(c1)CCC(C(Cl)N1CCC(C(=O)O)CC1)=C2)c1cnc2n[nH]c(Cl)c2c1. The predicted molar refractivity (Wildman–Crippen MR) is 141 cm³/mol. The number of hydrogen-bond donors (Lipinski definition) is 2. The van der Waals surface area contributed by atoms with Crippen molar-refractivity contribution >= 4 is 46.3 Å². The number of likely N-dealkylation sites (tertiary alicyclic amines) is 1. The number of aromatic nitrogens is 3. The first-order valence-corrected chi connectivity index (χ1v) is 13.2. The smallest absolute Gasteiger partial charge is 0.306 e. The Labute approximate surface area is 220 Å². The molecule has 1 aliphatic heterocycles. The molecule has 5 rings (SSSR count). The zero-order valence-electron chi connectivity index (χ0n) is 20.4. The van der Waals surface area contributed by atoms with Crippen molar-refractivity contribution in [1.29, 1.82) is 0 Å². The molecule has 2 atom stereocenters. The van der Waals surface area contributed by atoms with Crippen molar-refractivity contribution in [2.24, 2.45) is 11.8 Å². The Morgan fingerprint density at radius 1 is 1.22 bits per heavy atom. The van der Waals surface area contributed by atoms with Gasteiger partial charge in [0.15, 0.2) is 5.65 Å². The zero-order valence-corrected chi connectivity index (χ0v) is 21.9. The van der Waals surface area contributed by atoms with E-state index in [1.807, 2.05) is 12.1 Å². The number of hydrogen-bond acceptors (Lipinski definition) is 5. The number of nitrogens with zero attached hydrogens (tertiary/aromatic N) is 3. The van der Waals surface area contributed by atoms with Crippen molar-refractivity contribution in [3.05, 3.63) is 57.9 Å². The lowest BCUT2D eigenvalue weighted by molar-refractivity contribution is -0.143. The van der Waals surface area contributed by atoms with Gasteiger partial charge in [-0.1, -0.05) is 37.6 Å². The molecule has 0 spiro atoms. The third kappa shape index (κ3) is 5.10. The lowest BCUT2D eigenvalue weighted by atomic mass is 9.90. The summed E-state index contributed by atoms with van der Waals surface area (Å²) in [5.74, 6) is 0.0839. The van der Waals surface area contributed by atoms with Crippen molar-refractivity contribution < 1.29 is 14.6 Å². The number of H-pyrrole nitrogens is 1. The number of ether oxygens (including phenoxy) is 1. The van der Waals surface area contributed by atoms with Crippen LogP contribution in [0, 0.1) is 11.8 Å². The number of benzene rings is 1. The van der Waals surface area contributed by atoms with Crippen molar-refractivity contribution in [2.45, 2.75) is 51.1 Å². The van der Waals surface area contributed by atoms with Crippen LogP contribution in [0.5, 0.6) is 5.75 Å². The van der Waals surface area contributed by atoms with E-state index < -0.39 is 5.97 Å². The summed E-state index contributed by atoms with van der Waals surface area (Å²) in [6, 6.07) is 8.21. The molecule has 190 valence electrons. The van der Waals surface area contributed by atoms with Crippen LogP contribution in [-0.4, -0.2) is 49.7 Å². The number of aliphatic carboxylic acids is 1. The summed E-state index contributed by atoms with van der Waals surface area (Å²) in [5, 5.41) is 17.4. The highest BCUT2D eigenvalue weighted by atomic mass is 35.5. The van der Waals surface area contributed by atoms with Crippen molar-refractivity contribution in [2.75, 3.05) is 13.1 Å². The van der Waals surface area contributed by atoms with E-state index in [-0.39, 0.29) is 23.4 Å². The summed E-state index contributed by atoms with van der Waals surface area (Å²) in [5.41, 5.74) is 4.92. The number of rotatable bonds is 7. The average molecular weight is 529 g/mol. The summed E-state index contributed by atoms with van der Waals surface area (Å²) in [6.45, 7) is 5.67. The zero-order chi connectivity index (χ0) is 25.4. The standard InChI is InChI=1S/C27H30Cl2N4O3/c1-15(2)23(20-13-22-24(28)31-32-26(22)30-14-20)36-21-6-5-17-11-19(4-3-18(17)12-21)25(29)33-9-7-16(8-10-33)27(34)35/h5-6,11-16,23,25H,3-4,7-10H2,1-2H3,(H,34,35)(H,30,31,32). The molecule has 1 aliphatic carbocycles. The normalized spacial score (nSPS) is 18.6. The van der Waals surface area contributed by atoms with Gasteiger partial charge < -0.3 is 9.84 Å². The molecule has 2 aliphatic rings. The molecule has 7 nitrogen and oxygen atoms in total. The molecule has 0 amide bonds. The number of nitrogens with one attached hydrogen (secondary N) is 1. The van der Waals surface area contributed by atoms with Crippen LogP contribution in [0.25, 0.3) is 17.1 Å². The highest BCUT2D eigenvalue weighted by Gasteiger charge is 2.30. The number of carboxylic acids is 1. The van der Waals surface area contributed by atoms with Crippen molar-refractivity contribution in [1.82, 2.24) is 20.1 Å². The molecule has 1 fully saturated rings. The van der Waals surface area contributed by atoms with Crippen LogP contribution < -0.4 is 4.74 Å². The van der Waals surface area contributed by atoms with Gasteiger partial charge in [0.05, 0.1) is 11.3 Å². The second kappa shape index (κ2) is 10.4. The van der Waals surface area contributed by atoms with Crippen LogP contribution in [0.15, 0.2) is 36.0 Å². The number of fused-ring (bicyclic) bond motifs is 2. The number of pyridine rings is 1. The van der Waals surface area contributed by atoms with Gasteiger partial charge >= 0.3 is 5.97 Å². The number of carbonyl (C=O) groups is 1. The van der Waals surface area contributed by atoms with E-state index in [1.165, 1.54) is 11.1 Å². The molecule has 0 bridgehead atoms. The van der Waals surface area contributed by atoms with Crippen LogP contribution in [0.2, 0.25) is 5.15 Å². The highest BCUT2D eigenvalue weighted by Crippen LogP contribution is 2.35. The molecule has 3 aromatic rings. The third-order valence-corrected chi connectivity index (χ3v) is 8.07. The molecule has 36 heavy (non-hydrogen) atoms. The topological polar surface area (TPSA) is 91.3 Å². The number of alkyl halides is 1. The van der Waals surface area contributed by atoms with E-state index in [9.17, 15) is 9.90 Å².